The molecule has 1 aliphatic heterocycles. The quantitative estimate of drug-likeness (QED) is 0.570. The van der Waals surface area contributed by atoms with Crippen molar-refractivity contribution in [3.8, 4) is 22.8 Å². The summed E-state index contributed by atoms with van der Waals surface area (Å²) in [6.07, 6.45) is 0. The summed E-state index contributed by atoms with van der Waals surface area (Å²) in [6.45, 7) is 2.95. The maximum absolute atomic E-state index is 12.6. The van der Waals surface area contributed by atoms with E-state index in [2.05, 4.69) is 20.6 Å². The van der Waals surface area contributed by atoms with Crippen LogP contribution in [-0.4, -0.2) is 32.7 Å². The molecule has 0 aliphatic carbocycles. The summed E-state index contributed by atoms with van der Waals surface area (Å²) in [7, 11) is 0. The molecule has 0 radical (unpaired) electrons. The number of ether oxygens (including phenoxy) is 2. The largest absolute Gasteiger partial charge is 0.454 e. The number of hydrogen-bond acceptors (Lipinski definition) is 7. The number of rotatable bonds is 4. The van der Waals surface area contributed by atoms with Gasteiger partial charge in [0.15, 0.2) is 16.6 Å². The molecule has 1 N–H and O–H groups in total. The lowest BCUT2D eigenvalue weighted by Gasteiger charge is -2.02. The van der Waals surface area contributed by atoms with Gasteiger partial charge in [0.1, 0.15) is 5.52 Å². The monoisotopic (exact) mass is 393 g/mol. The number of fused-ring (bicyclic) bond motifs is 2. The molecule has 0 unspecified atom stereocenters. The minimum Gasteiger partial charge on any atom is -0.454 e. The van der Waals surface area contributed by atoms with E-state index < -0.39 is 0 Å². The van der Waals surface area contributed by atoms with Gasteiger partial charge in [-0.2, -0.15) is 0 Å². The van der Waals surface area contributed by atoms with Gasteiger partial charge in [-0.3, -0.25) is 10.1 Å². The number of aromatic nitrogens is 4. The fourth-order valence-corrected chi connectivity index (χ4v) is 3.75. The molecule has 2 aromatic carbocycles. The Bertz CT molecular complexity index is 1200. The lowest BCUT2D eigenvalue weighted by molar-refractivity contribution is 0.102. The van der Waals surface area contributed by atoms with Crippen LogP contribution in [0.1, 0.15) is 17.3 Å². The third-order valence-corrected chi connectivity index (χ3v) is 5.23. The standard InChI is InChI=1S/C19H15N5O3S/c1-2-24-15-5-3-12(7-13(15)22-23-24)18(25)21-19-20-14(9-28-19)11-4-6-16-17(8-11)27-10-26-16/h3-9H,2,10H2,1H3,(H,20,21,25). The van der Waals surface area contributed by atoms with Gasteiger partial charge in [0.25, 0.3) is 5.91 Å². The number of hydrogen-bond donors (Lipinski definition) is 1. The van der Waals surface area contributed by atoms with Crippen molar-refractivity contribution < 1.29 is 14.3 Å². The number of amides is 1. The summed E-state index contributed by atoms with van der Waals surface area (Å²) < 4.78 is 12.5. The van der Waals surface area contributed by atoms with Crippen LogP contribution < -0.4 is 14.8 Å². The van der Waals surface area contributed by atoms with Crippen molar-refractivity contribution in [2.24, 2.45) is 0 Å². The highest BCUT2D eigenvalue weighted by atomic mass is 32.1. The molecule has 8 nitrogen and oxygen atoms in total. The van der Waals surface area contributed by atoms with Crippen LogP contribution in [0.2, 0.25) is 0 Å². The number of benzene rings is 2. The van der Waals surface area contributed by atoms with Gasteiger partial charge < -0.3 is 9.47 Å². The van der Waals surface area contributed by atoms with Gasteiger partial charge in [-0.25, -0.2) is 9.67 Å². The van der Waals surface area contributed by atoms with Crippen LogP contribution in [0, 0.1) is 0 Å². The Kier molecular flexibility index (Phi) is 3.94. The molecule has 1 amide bonds. The topological polar surface area (TPSA) is 91.2 Å². The molecule has 9 heteroatoms. The first kappa shape index (κ1) is 16.7. The predicted molar refractivity (Wildman–Crippen MR) is 105 cm³/mol. The van der Waals surface area contributed by atoms with Crippen molar-refractivity contribution >= 4 is 33.4 Å². The molecule has 4 aromatic rings. The molecular formula is C19H15N5O3S. The van der Waals surface area contributed by atoms with E-state index in [0.717, 1.165) is 29.1 Å². The van der Waals surface area contributed by atoms with Crippen LogP contribution in [0.25, 0.3) is 22.3 Å². The van der Waals surface area contributed by atoms with Gasteiger partial charge in [0.05, 0.1) is 11.2 Å². The lowest BCUT2D eigenvalue weighted by Crippen LogP contribution is -2.11. The Morgan fingerprint density at radius 2 is 2.11 bits per heavy atom. The van der Waals surface area contributed by atoms with Crippen LogP contribution >= 0.6 is 11.3 Å². The van der Waals surface area contributed by atoms with Crippen LogP contribution in [0.5, 0.6) is 11.5 Å². The fourth-order valence-electron chi connectivity index (χ4n) is 3.04. The van der Waals surface area contributed by atoms with Crippen molar-refractivity contribution in [3.05, 3.63) is 47.3 Å². The Morgan fingerprint density at radius 1 is 1.21 bits per heavy atom. The SMILES string of the molecule is CCn1nnc2cc(C(=O)Nc3nc(-c4ccc5c(c4)OCO5)cs3)ccc21. The molecule has 1 aliphatic rings. The van der Waals surface area contributed by atoms with Crippen LogP contribution in [-0.2, 0) is 6.54 Å². The highest BCUT2D eigenvalue weighted by Gasteiger charge is 2.16. The van der Waals surface area contributed by atoms with Gasteiger partial charge in [-0.05, 0) is 43.3 Å². The summed E-state index contributed by atoms with van der Waals surface area (Å²) in [4.78, 5) is 17.1. The fraction of sp³-hybridized carbons (Fsp3) is 0.158. The number of thiazole rings is 1. The third kappa shape index (κ3) is 2.85. The second kappa shape index (κ2) is 6.61. The zero-order valence-corrected chi connectivity index (χ0v) is 15.7. The van der Waals surface area contributed by atoms with Crippen LogP contribution in [0.4, 0.5) is 5.13 Å². The van der Waals surface area contributed by atoms with Crippen molar-refractivity contribution in [2.45, 2.75) is 13.5 Å². The first-order chi connectivity index (χ1) is 13.7. The highest BCUT2D eigenvalue weighted by Crippen LogP contribution is 2.36. The predicted octanol–water partition coefficient (Wildman–Crippen LogP) is 3.56. The Balaban J connectivity index is 1.36. The van der Waals surface area contributed by atoms with Gasteiger partial charge in [0.2, 0.25) is 6.79 Å². The molecular weight excluding hydrogens is 378 g/mol. The second-order valence-electron chi connectivity index (χ2n) is 6.17. The maximum Gasteiger partial charge on any atom is 0.257 e. The first-order valence-corrected chi connectivity index (χ1v) is 9.59. The van der Waals surface area contributed by atoms with Gasteiger partial charge >= 0.3 is 0 Å². The molecule has 3 heterocycles. The molecule has 0 atom stereocenters. The van der Waals surface area contributed by atoms with E-state index in [9.17, 15) is 4.79 Å². The van der Waals surface area contributed by atoms with Crippen molar-refractivity contribution in [1.29, 1.82) is 0 Å². The van der Waals surface area contributed by atoms with Crippen molar-refractivity contribution in [2.75, 3.05) is 12.1 Å². The molecule has 2 aromatic heterocycles. The molecule has 0 spiro atoms. The van der Waals surface area contributed by atoms with E-state index in [-0.39, 0.29) is 12.7 Å². The van der Waals surface area contributed by atoms with Gasteiger partial charge in [0, 0.05) is 23.1 Å². The van der Waals surface area contributed by atoms with E-state index in [1.807, 2.05) is 36.6 Å². The molecule has 28 heavy (non-hydrogen) atoms. The second-order valence-corrected chi connectivity index (χ2v) is 7.03. The van der Waals surface area contributed by atoms with E-state index in [4.69, 9.17) is 9.47 Å². The molecule has 0 fully saturated rings. The summed E-state index contributed by atoms with van der Waals surface area (Å²) in [5.41, 5.74) is 3.77. The molecule has 0 saturated carbocycles. The first-order valence-electron chi connectivity index (χ1n) is 8.71. The number of carbonyl (C=O) groups excluding carboxylic acids is 1. The summed E-state index contributed by atoms with van der Waals surface area (Å²) in [5.74, 6) is 1.19. The van der Waals surface area contributed by atoms with E-state index in [0.29, 0.717) is 22.0 Å². The number of anilines is 1. The minimum absolute atomic E-state index is 0.230. The summed E-state index contributed by atoms with van der Waals surface area (Å²) in [5, 5.41) is 13.4. The Morgan fingerprint density at radius 3 is 3.00 bits per heavy atom. The normalized spacial score (nSPS) is 12.5. The van der Waals surface area contributed by atoms with E-state index in [1.54, 1.807) is 16.8 Å². The highest BCUT2D eigenvalue weighted by molar-refractivity contribution is 7.14. The Labute approximate surface area is 163 Å². The molecule has 0 saturated heterocycles. The average molecular weight is 393 g/mol. The number of aryl methyl sites for hydroxylation is 1. The van der Waals surface area contributed by atoms with Gasteiger partial charge in [-0.1, -0.05) is 5.21 Å². The van der Waals surface area contributed by atoms with Crippen LogP contribution in [0.3, 0.4) is 0 Å². The average Bonchev–Trinajstić information content (AvgIpc) is 3.45. The summed E-state index contributed by atoms with van der Waals surface area (Å²) in [6, 6.07) is 11.0. The van der Waals surface area contributed by atoms with E-state index in [1.165, 1.54) is 11.3 Å². The summed E-state index contributed by atoms with van der Waals surface area (Å²) >= 11 is 1.36. The number of nitrogens with one attached hydrogen (secondary N) is 1. The lowest BCUT2D eigenvalue weighted by atomic mass is 10.1. The zero-order valence-electron chi connectivity index (χ0n) is 14.9. The Hall–Kier alpha value is -3.46. The molecule has 140 valence electrons. The zero-order chi connectivity index (χ0) is 19.1. The van der Waals surface area contributed by atoms with E-state index >= 15 is 0 Å². The molecule has 5 rings (SSSR count). The van der Waals surface area contributed by atoms with Crippen molar-refractivity contribution in [1.82, 2.24) is 20.0 Å². The van der Waals surface area contributed by atoms with Crippen LogP contribution in [0.15, 0.2) is 41.8 Å². The number of carbonyl (C=O) groups is 1. The minimum atomic E-state index is -0.237. The smallest absolute Gasteiger partial charge is 0.257 e. The van der Waals surface area contributed by atoms with Gasteiger partial charge in [-0.15, -0.1) is 16.4 Å². The third-order valence-electron chi connectivity index (χ3n) is 4.47. The number of nitrogens with zero attached hydrogens (tertiary/aromatic N) is 4. The van der Waals surface area contributed by atoms with Crippen molar-refractivity contribution in [3.63, 3.8) is 0 Å². The molecule has 0 bridgehead atoms. The maximum atomic E-state index is 12.6.